The molecule has 2 rings (SSSR count). The van der Waals surface area contributed by atoms with E-state index in [9.17, 15) is 4.39 Å². The van der Waals surface area contributed by atoms with Crippen molar-refractivity contribution in [2.75, 3.05) is 38.3 Å². The van der Waals surface area contributed by atoms with E-state index in [1.807, 2.05) is 6.07 Å². The molecule has 0 aliphatic carbocycles. The number of nitrogens with zero attached hydrogens (tertiary/aromatic N) is 1. The minimum Gasteiger partial charge on any atom is -0.383 e. The lowest BCUT2D eigenvalue weighted by Gasteiger charge is -2.23. The standard InChI is InChI=1S/C16H25FN2O/c1-3-13-7-9-19(12-13)16-14(5-4-6-15(16)17)11-18-8-10-20-2/h4-6,13,18H,3,7-12H2,1-2H3. The van der Waals surface area contributed by atoms with Crippen molar-refractivity contribution >= 4 is 5.69 Å². The molecule has 3 nitrogen and oxygen atoms in total. The Morgan fingerprint density at radius 2 is 2.30 bits per heavy atom. The van der Waals surface area contributed by atoms with E-state index in [2.05, 4.69) is 17.1 Å². The van der Waals surface area contributed by atoms with Crippen molar-refractivity contribution in [3.05, 3.63) is 29.6 Å². The number of ether oxygens (including phenoxy) is 1. The molecule has 20 heavy (non-hydrogen) atoms. The lowest BCUT2D eigenvalue weighted by Crippen LogP contribution is -2.25. The van der Waals surface area contributed by atoms with Crippen molar-refractivity contribution in [2.45, 2.75) is 26.3 Å². The molecule has 0 amide bonds. The van der Waals surface area contributed by atoms with Crippen molar-refractivity contribution in [3.8, 4) is 0 Å². The molecule has 1 unspecified atom stereocenters. The number of anilines is 1. The zero-order valence-electron chi connectivity index (χ0n) is 12.5. The predicted octanol–water partition coefficient (Wildman–Crippen LogP) is 2.80. The highest BCUT2D eigenvalue weighted by Gasteiger charge is 2.24. The maximum atomic E-state index is 14.2. The number of rotatable bonds is 7. The van der Waals surface area contributed by atoms with Gasteiger partial charge in [0.25, 0.3) is 0 Å². The van der Waals surface area contributed by atoms with Crippen LogP contribution in [0.2, 0.25) is 0 Å². The molecule has 0 saturated carbocycles. The number of benzene rings is 1. The second kappa shape index (κ2) is 7.60. The third-order valence-corrected chi connectivity index (χ3v) is 4.05. The topological polar surface area (TPSA) is 24.5 Å². The summed E-state index contributed by atoms with van der Waals surface area (Å²) in [5.74, 6) is 0.594. The molecule has 1 aliphatic rings. The van der Waals surface area contributed by atoms with Crippen LogP contribution in [-0.4, -0.2) is 33.4 Å². The Hall–Kier alpha value is -1.13. The molecule has 1 aliphatic heterocycles. The summed E-state index contributed by atoms with van der Waals surface area (Å²) in [6, 6.07) is 5.37. The minimum absolute atomic E-state index is 0.104. The Morgan fingerprint density at radius 1 is 1.45 bits per heavy atom. The summed E-state index contributed by atoms with van der Waals surface area (Å²) in [6.07, 6.45) is 2.34. The van der Waals surface area contributed by atoms with Crippen LogP contribution in [0.15, 0.2) is 18.2 Å². The average molecular weight is 280 g/mol. The molecule has 1 fully saturated rings. The Morgan fingerprint density at radius 3 is 3.00 bits per heavy atom. The number of para-hydroxylation sites is 1. The van der Waals surface area contributed by atoms with E-state index < -0.39 is 0 Å². The highest BCUT2D eigenvalue weighted by atomic mass is 19.1. The van der Waals surface area contributed by atoms with Gasteiger partial charge in [-0.1, -0.05) is 25.5 Å². The van der Waals surface area contributed by atoms with Crippen LogP contribution in [0.5, 0.6) is 0 Å². The first-order valence-electron chi connectivity index (χ1n) is 7.48. The number of hydrogen-bond acceptors (Lipinski definition) is 3. The minimum atomic E-state index is -0.104. The fraction of sp³-hybridized carbons (Fsp3) is 0.625. The van der Waals surface area contributed by atoms with Crippen molar-refractivity contribution < 1.29 is 9.13 Å². The third-order valence-electron chi connectivity index (χ3n) is 4.05. The summed E-state index contributed by atoms with van der Waals surface area (Å²) in [7, 11) is 1.68. The van der Waals surface area contributed by atoms with E-state index in [1.54, 1.807) is 19.2 Å². The van der Waals surface area contributed by atoms with Gasteiger partial charge in [0, 0.05) is 33.3 Å². The molecule has 4 heteroatoms. The van der Waals surface area contributed by atoms with Gasteiger partial charge >= 0.3 is 0 Å². The van der Waals surface area contributed by atoms with Crippen LogP contribution >= 0.6 is 0 Å². The van der Waals surface area contributed by atoms with E-state index in [0.29, 0.717) is 19.1 Å². The molecule has 1 heterocycles. The fourth-order valence-electron chi connectivity index (χ4n) is 2.82. The first-order valence-corrected chi connectivity index (χ1v) is 7.48. The molecular weight excluding hydrogens is 255 g/mol. The molecule has 0 bridgehead atoms. The van der Waals surface area contributed by atoms with Crippen LogP contribution < -0.4 is 10.2 Å². The Labute approximate surface area is 121 Å². The van der Waals surface area contributed by atoms with E-state index in [4.69, 9.17) is 4.74 Å². The summed E-state index contributed by atoms with van der Waals surface area (Å²) in [5.41, 5.74) is 1.83. The first-order chi connectivity index (χ1) is 9.76. The van der Waals surface area contributed by atoms with Gasteiger partial charge in [-0.2, -0.15) is 0 Å². The van der Waals surface area contributed by atoms with Crippen LogP contribution in [0.1, 0.15) is 25.3 Å². The molecule has 0 radical (unpaired) electrons. The van der Waals surface area contributed by atoms with Gasteiger partial charge < -0.3 is 15.0 Å². The molecular formula is C16H25FN2O. The van der Waals surface area contributed by atoms with Crippen LogP contribution in [0.25, 0.3) is 0 Å². The van der Waals surface area contributed by atoms with Gasteiger partial charge in [0.05, 0.1) is 12.3 Å². The van der Waals surface area contributed by atoms with Crippen LogP contribution in [-0.2, 0) is 11.3 Å². The lowest BCUT2D eigenvalue weighted by atomic mass is 10.1. The van der Waals surface area contributed by atoms with Crippen LogP contribution in [0.3, 0.4) is 0 Å². The monoisotopic (exact) mass is 280 g/mol. The van der Waals surface area contributed by atoms with Crippen LogP contribution in [0.4, 0.5) is 10.1 Å². The Balaban J connectivity index is 2.06. The zero-order valence-corrected chi connectivity index (χ0v) is 12.5. The third kappa shape index (κ3) is 3.70. The zero-order chi connectivity index (χ0) is 14.4. The highest BCUT2D eigenvalue weighted by molar-refractivity contribution is 5.55. The summed E-state index contributed by atoms with van der Waals surface area (Å²) in [6.45, 7) is 6.29. The van der Waals surface area contributed by atoms with Gasteiger partial charge in [0.15, 0.2) is 0 Å². The van der Waals surface area contributed by atoms with Gasteiger partial charge in [-0.15, -0.1) is 0 Å². The summed E-state index contributed by atoms with van der Waals surface area (Å²) in [4.78, 5) is 2.21. The van der Waals surface area contributed by atoms with Crippen LogP contribution in [0, 0.1) is 11.7 Å². The largest absolute Gasteiger partial charge is 0.383 e. The number of nitrogens with one attached hydrogen (secondary N) is 1. The molecule has 1 saturated heterocycles. The van der Waals surface area contributed by atoms with Gasteiger partial charge in [0.1, 0.15) is 5.82 Å². The number of halogens is 1. The van der Waals surface area contributed by atoms with E-state index in [1.165, 1.54) is 12.8 Å². The Kier molecular flexibility index (Phi) is 5.80. The van der Waals surface area contributed by atoms with E-state index in [-0.39, 0.29) is 5.82 Å². The lowest BCUT2D eigenvalue weighted by molar-refractivity contribution is 0.199. The maximum absolute atomic E-state index is 14.2. The normalized spacial score (nSPS) is 18.8. The van der Waals surface area contributed by atoms with E-state index >= 15 is 0 Å². The molecule has 0 spiro atoms. The SMILES string of the molecule is CCC1CCN(c2c(F)cccc2CNCCOC)C1. The summed E-state index contributed by atoms with van der Waals surface area (Å²) >= 11 is 0. The highest BCUT2D eigenvalue weighted by Crippen LogP contribution is 2.30. The van der Waals surface area contributed by atoms with Crippen molar-refractivity contribution in [1.82, 2.24) is 5.32 Å². The van der Waals surface area contributed by atoms with E-state index in [0.717, 1.165) is 30.9 Å². The summed E-state index contributed by atoms with van der Waals surface area (Å²) in [5, 5.41) is 3.30. The summed E-state index contributed by atoms with van der Waals surface area (Å²) < 4.78 is 19.2. The quantitative estimate of drug-likeness (QED) is 0.777. The average Bonchev–Trinajstić information content (AvgIpc) is 2.92. The fourth-order valence-corrected chi connectivity index (χ4v) is 2.82. The predicted molar refractivity (Wildman–Crippen MR) is 80.6 cm³/mol. The molecule has 1 atom stereocenters. The molecule has 1 aromatic rings. The Bertz CT molecular complexity index is 425. The smallest absolute Gasteiger partial charge is 0.146 e. The maximum Gasteiger partial charge on any atom is 0.146 e. The van der Waals surface area contributed by atoms with Gasteiger partial charge in [0.2, 0.25) is 0 Å². The molecule has 1 aromatic carbocycles. The number of hydrogen-bond donors (Lipinski definition) is 1. The molecule has 0 aromatic heterocycles. The molecule has 112 valence electrons. The van der Waals surface area contributed by atoms with Crippen molar-refractivity contribution in [1.29, 1.82) is 0 Å². The van der Waals surface area contributed by atoms with Gasteiger partial charge in [-0.3, -0.25) is 0 Å². The second-order valence-electron chi connectivity index (χ2n) is 5.43. The van der Waals surface area contributed by atoms with Gasteiger partial charge in [-0.25, -0.2) is 4.39 Å². The van der Waals surface area contributed by atoms with Gasteiger partial charge in [-0.05, 0) is 24.0 Å². The second-order valence-corrected chi connectivity index (χ2v) is 5.43. The number of methoxy groups -OCH3 is 1. The van der Waals surface area contributed by atoms with Crippen molar-refractivity contribution in [2.24, 2.45) is 5.92 Å². The van der Waals surface area contributed by atoms with Crippen molar-refractivity contribution in [3.63, 3.8) is 0 Å². The molecule has 1 N–H and O–H groups in total. The first kappa shape index (κ1) is 15.3.